The van der Waals surface area contributed by atoms with Gasteiger partial charge in [-0.15, -0.1) is 10.2 Å². The first kappa shape index (κ1) is 21.6. The van der Waals surface area contributed by atoms with Gasteiger partial charge in [-0.2, -0.15) is 0 Å². The van der Waals surface area contributed by atoms with E-state index in [0.29, 0.717) is 19.8 Å². The van der Waals surface area contributed by atoms with Crippen LogP contribution in [0.5, 0.6) is 0 Å². The van der Waals surface area contributed by atoms with E-state index in [1.807, 2.05) is 31.2 Å². The number of nitrogens with one attached hydrogen (secondary N) is 1. The maximum absolute atomic E-state index is 12.7. The highest BCUT2D eigenvalue weighted by atomic mass is 79.9. The number of amides is 1. The van der Waals surface area contributed by atoms with E-state index in [1.54, 1.807) is 0 Å². The van der Waals surface area contributed by atoms with Crippen molar-refractivity contribution in [2.45, 2.75) is 42.8 Å². The number of carbonyl (C=O) groups is 1. The van der Waals surface area contributed by atoms with Crippen molar-refractivity contribution < 1.29 is 14.3 Å². The Kier molecular flexibility index (Phi) is 7.29. The van der Waals surface area contributed by atoms with Crippen molar-refractivity contribution in [2.75, 3.05) is 43.1 Å². The topological polar surface area (TPSA) is 81.5 Å². The van der Waals surface area contributed by atoms with Gasteiger partial charge in [0.05, 0.1) is 31.1 Å². The fourth-order valence-electron chi connectivity index (χ4n) is 3.54. The standard InChI is InChI=1S/C20H26BrN5O3S/c1-14(18(27)22-16-5-2-4-15(21)12-16)30-20-24-23-19(25-7-10-28-11-8-25)26(20)13-17-6-3-9-29-17/h2,4-5,12,14,17H,3,6-11,13H2,1H3,(H,22,27)/t14-,17-/m1/s1. The second-order valence-corrected chi connectivity index (χ2v) is 9.61. The van der Waals surface area contributed by atoms with Crippen molar-refractivity contribution in [1.82, 2.24) is 14.8 Å². The van der Waals surface area contributed by atoms with Crippen molar-refractivity contribution in [2.24, 2.45) is 0 Å². The van der Waals surface area contributed by atoms with Crippen LogP contribution in [-0.4, -0.2) is 64.9 Å². The summed E-state index contributed by atoms with van der Waals surface area (Å²) in [5.74, 6) is 0.758. The lowest BCUT2D eigenvalue weighted by Gasteiger charge is -2.28. The molecule has 8 nitrogen and oxygen atoms in total. The smallest absolute Gasteiger partial charge is 0.237 e. The van der Waals surface area contributed by atoms with Crippen molar-refractivity contribution in [3.05, 3.63) is 28.7 Å². The number of hydrogen-bond acceptors (Lipinski definition) is 7. The third-order valence-electron chi connectivity index (χ3n) is 5.15. The van der Waals surface area contributed by atoms with E-state index in [1.165, 1.54) is 11.8 Å². The number of halogens is 1. The summed E-state index contributed by atoms with van der Waals surface area (Å²) < 4.78 is 14.4. The molecule has 1 N–H and O–H groups in total. The molecule has 0 radical (unpaired) electrons. The molecule has 2 fully saturated rings. The summed E-state index contributed by atoms with van der Waals surface area (Å²) in [6.45, 7) is 6.31. The molecule has 2 atom stereocenters. The Bertz CT molecular complexity index is 868. The highest BCUT2D eigenvalue weighted by Crippen LogP contribution is 2.29. The predicted molar refractivity (Wildman–Crippen MR) is 120 cm³/mol. The molecule has 2 aliphatic rings. The minimum Gasteiger partial charge on any atom is -0.378 e. The first-order chi connectivity index (χ1) is 14.6. The molecule has 2 aromatic rings. The molecule has 0 bridgehead atoms. The number of rotatable bonds is 7. The van der Waals surface area contributed by atoms with Crippen LogP contribution in [0, 0.1) is 0 Å². The highest BCUT2D eigenvalue weighted by molar-refractivity contribution is 9.10. The summed E-state index contributed by atoms with van der Waals surface area (Å²) >= 11 is 4.85. The number of thioether (sulfide) groups is 1. The summed E-state index contributed by atoms with van der Waals surface area (Å²) in [5, 5.41) is 12.3. The maximum atomic E-state index is 12.7. The van der Waals surface area contributed by atoms with Gasteiger partial charge in [0.25, 0.3) is 0 Å². The Hall–Kier alpha value is -1.62. The van der Waals surface area contributed by atoms with E-state index in [9.17, 15) is 4.79 Å². The minimum absolute atomic E-state index is 0.0716. The number of morpholine rings is 1. The molecule has 0 spiro atoms. The Morgan fingerprint density at radius 3 is 2.90 bits per heavy atom. The Balaban J connectivity index is 1.48. The van der Waals surface area contributed by atoms with Gasteiger partial charge in [-0.25, -0.2) is 0 Å². The van der Waals surface area contributed by atoms with Crippen LogP contribution >= 0.6 is 27.7 Å². The van der Waals surface area contributed by atoms with E-state index in [-0.39, 0.29) is 17.3 Å². The Morgan fingerprint density at radius 2 is 2.17 bits per heavy atom. The molecule has 1 amide bonds. The SMILES string of the molecule is C[C@@H](Sc1nnc(N2CCOCC2)n1C[C@H]1CCCO1)C(=O)Nc1cccc(Br)c1. The maximum Gasteiger partial charge on any atom is 0.237 e. The zero-order valence-corrected chi connectivity index (χ0v) is 19.3. The first-order valence-corrected chi connectivity index (χ1v) is 11.9. The fraction of sp³-hybridized carbons (Fsp3) is 0.550. The molecule has 2 saturated heterocycles. The number of ether oxygens (including phenoxy) is 2. The molecular formula is C20H26BrN5O3S. The molecule has 4 rings (SSSR count). The van der Waals surface area contributed by atoms with Gasteiger partial charge in [0.15, 0.2) is 5.16 Å². The molecule has 162 valence electrons. The van der Waals surface area contributed by atoms with Crippen LogP contribution in [-0.2, 0) is 20.8 Å². The average Bonchev–Trinajstić information content (AvgIpc) is 3.39. The molecule has 0 aliphatic carbocycles. The van der Waals surface area contributed by atoms with Crippen LogP contribution in [0.15, 0.2) is 33.9 Å². The van der Waals surface area contributed by atoms with E-state index in [0.717, 1.165) is 53.8 Å². The molecule has 10 heteroatoms. The van der Waals surface area contributed by atoms with Crippen LogP contribution < -0.4 is 10.2 Å². The van der Waals surface area contributed by atoms with Gasteiger partial charge in [-0.1, -0.05) is 33.8 Å². The van der Waals surface area contributed by atoms with Crippen LogP contribution in [0.4, 0.5) is 11.6 Å². The summed E-state index contributed by atoms with van der Waals surface area (Å²) in [5.41, 5.74) is 0.761. The Morgan fingerprint density at radius 1 is 1.33 bits per heavy atom. The normalized spacial score (nSPS) is 20.3. The van der Waals surface area contributed by atoms with E-state index in [4.69, 9.17) is 9.47 Å². The van der Waals surface area contributed by atoms with Crippen molar-refractivity contribution >= 4 is 45.2 Å². The molecule has 2 aliphatic heterocycles. The zero-order valence-electron chi connectivity index (χ0n) is 16.9. The summed E-state index contributed by atoms with van der Waals surface area (Å²) in [6.07, 6.45) is 2.27. The molecule has 0 unspecified atom stereocenters. The summed E-state index contributed by atoms with van der Waals surface area (Å²) in [7, 11) is 0. The Labute approximate surface area is 188 Å². The summed E-state index contributed by atoms with van der Waals surface area (Å²) in [6, 6.07) is 7.57. The first-order valence-electron chi connectivity index (χ1n) is 10.2. The monoisotopic (exact) mass is 495 g/mol. The second kappa shape index (κ2) is 10.1. The molecule has 1 aromatic carbocycles. The van der Waals surface area contributed by atoms with E-state index in [2.05, 4.69) is 40.9 Å². The quantitative estimate of drug-likeness (QED) is 0.590. The van der Waals surface area contributed by atoms with E-state index < -0.39 is 0 Å². The molecule has 3 heterocycles. The minimum atomic E-state index is -0.325. The van der Waals surface area contributed by atoms with Gasteiger partial charge in [0.2, 0.25) is 11.9 Å². The van der Waals surface area contributed by atoms with Gasteiger partial charge in [0, 0.05) is 29.9 Å². The lowest BCUT2D eigenvalue weighted by Crippen LogP contribution is -2.38. The van der Waals surface area contributed by atoms with Crippen LogP contribution in [0.3, 0.4) is 0 Å². The van der Waals surface area contributed by atoms with Crippen molar-refractivity contribution in [3.63, 3.8) is 0 Å². The van der Waals surface area contributed by atoms with Crippen LogP contribution in [0.25, 0.3) is 0 Å². The zero-order chi connectivity index (χ0) is 20.9. The van der Waals surface area contributed by atoms with Gasteiger partial charge in [-0.3, -0.25) is 9.36 Å². The third-order valence-corrected chi connectivity index (χ3v) is 6.72. The van der Waals surface area contributed by atoms with Crippen LogP contribution in [0.1, 0.15) is 19.8 Å². The molecule has 1 aromatic heterocycles. The molecular weight excluding hydrogens is 470 g/mol. The lowest BCUT2D eigenvalue weighted by atomic mass is 10.2. The van der Waals surface area contributed by atoms with Gasteiger partial charge in [0.1, 0.15) is 0 Å². The number of benzene rings is 1. The predicted octanol–water partition coefficient (Wildman–Crippen LogP) is 3.18. The van der Waals surface area contributed by atoms with Crippen LogP contribution in [0.2, 0.25) is 0 Å². The van der Waals surface area contributed by atoms with Gasteiger partial charge >= 0.3 is 0 Å². The number of anilines is 2. The number of carbonyl (C=O) groups excluding carboxylic acids is 1. The largest absolute Gasteiger partial charge is 0.378 e. The third kappa shape index (κ3) is 5.35. The van der Waals surface area contributed by atoms with Crippen molar-refractivity contribution in [3.8, 4) is 0 Å². The van der Waals surface area contributed by atoms with Gasteiger partial charge < -0.3 is 19.7 Å². The summed E-state index contributed by atoms with van der Waals surface area (Å²) in [4.78, 5) is 14.9. The van der Waals surface area contributed by atoms with E-state index >= 15 is 0 Å². The lowest BCUT2D eigenvalue weighted by molar-refractivity contribution is -0.115. The second-order valence-electron chi connectivity index (χ2n) is 7.39. The number of hydrogen-bond donors (Lipinski definition) is 1. The molecule has 0 saturated carbocycles. The fourth-order valence-corrected chi connectivity index (χ4v) is 4.79. The average molecular weight is 496 g/mol. The van der Waals surface area contributed by atoms with Crippen molar-refractivity contribution in [1.29, 1.82) is 0 Å². The number of aromatic nitrogens is 3. The van der Waals surface area contributed by atoms with Gasteiger partial charge in [-0.05, 0) is 38.0 Å². The molecule has 30 heavy (non-hydrogen) atoms. The highest BCUT2D eigenvalue weighted by Gasteiger charge is 2.27. The number of nitrogens with zero attached hydrogens (tertiary/aromatic N) is 4.